The van der Waals surface area contributed by atoms with Crippen molar-refractivity contribution in [2.45, 2.75) is 6.42 Å². The number of piperazine rings is 1. The molecule has 0 aromatic carbocycles. The molecule has 0 aromatic rings. The monoisotopic (exact) mass is 214 g/mol. The fourth-order valence-electron chi connectivity index (χ4n) is 1.58. The molecule has 5 heteroatoms. The normalized spacial score (nSPS) is 25.9. The molecule has 0 aromatic heterocycles. The fourth-order valence-corrected chi connectivity index (χ4v) is 2.42. The summed E-state index contributed by atoms with van der Waals surface area (Å²) in [7, 11) is 2.17. The van der Waals surface area contributed by atoms with Gasteiger partial charge in [0, 0.05) is 38.5 Å². The Morgan fingerprint density at radius 3 is 2.71 bits per heavy atom. The van der Waals surface area contributed by atoms with E-state index in [1.165, 1.54) is 12.2 Å². The molecular weight excluding hydrogens is 196 g/mol. The summed E-state index contributed by atoms with van der Waals surface area (Å²) in [6.07, 6.45) is 1.22. The molecule has 0 atom stereocenters. The van der Waals surface area contributed by atoms with Crippen LogP contribution in [0.4, 0.5) is 0 Å². The Bertz CT molecular complexity index is 211. The van der Waals surface area contributed by atoms with Crippen LogP contribution in [0.25, 0.3) is 0 Å². The summed E-state index contributed by atoms with van der Waals surface area (Å²) in [4.78, 5) is 6.81. The topological polar surface area (TPSA) is 30.9 Å². The number of hydrazine groups is 1. The van der Waals surface area contributed by atoms with Crippen LogP contribution in [-0.4, -0.2) is 60.6 Å². The lowest BCUT2D eigenvalue weighted by Gasteiger charge is -2.33. The van der Waals surface area contributed by atoms with Gasteiger partial charge in [0.15, 0.2) is 5.17 Å². The third-order valence-corrected chi connectivity index (χ3v) is 3.54. The largest absolute Gasteiger partial charge is 0.304 e. The van der Waals surface area contributed by atoms with E-state index in [1.807, 2.05) is 11.8 Å². The number of amidine groups is 1. The lowest BCUT2D eigenvalue weighted by molar-refractivity contribution is 0.132. The number of hydrogen-bond acceptors (Lipinski definition) is 5. The molecule has 80 valence electrons. The zero-order valence-corrected chi connectivity index (χ0v) is 9.52. The smallest absolute Gasteiger partial charge is 0.171 e. The van der Waals surface area contributed by atoms with Crippen LogP contribution in [0.1, 0.15) is 6.42 Å². The van der Waals surface area contributed by atoms with Crippen molar-refractivity contribution in [2.75, 3.05) is 45.5 Å². The van der Waals surface area contributed by atoms with Crippen molar-refractivity contribution in [1.82, 2.24) is 15.3 Å². The number of rotatable bonds is 1. The fraction of sp³-hybridized carbons (Fsp3) is 0.889. The average Bonchev–Trinajstić information content (AvgIpc) is 2.23. The van der Waals surface area contributed by atoms with Crippen LogP contribution in [0.3, 0.4) is 0 Å². The number of hydrogen-bond donors (Lipinski definition) is 1. The van der Waals surface area contributed by atoms with Gasteiger partial charge in [-0.25, -0.2) is 5.01 Å². The molecule has 2 aliphatic heterocycles. The lowest BCUT2D eigenvalue weighted by atomic mass is 10.4. The lowest BCUT2D eigenvalue weighted by Crippen LogP contribution is -2.52. The van der Waals surface area contributed by atoms with E-state index in [0.29, 0.717) is 0 Å². The standard InChI is InChI=1S/C9H18N4S/c1-12-4-6-13(7-5-12)11-9-10-3-2-8-14-9/h2-8H2,1H3,(H,10,11). The van der Waals surface area contributed by atoms with E-state index >= 15 is 0 Å². The molecule has 1 saturated heterocycles. The minimum absolute atomic E-state index is 0.989. The predicted molar refractivity (Wildman–Crippen MR) is 61.6 cm³/mol. The van der Waals surface area contributed by atoms with Crippen molar-refractivity contribution >= 4 is 16.9 Å². The number of aliphatic imine (C=N–C) groups is 1. The molecule has 0 saturated carbocycles. The maximum absolute atomic E-state index is 4.46. The molecule has 1 N–H and O–H groups in total. The van der Waals surface area contributed by atoms with Crippen LogP contribution in [-0.2, 0) is 0 Å². The molecule has 2 aliphatic rings. The average molecular weight is 214 g/mol. The Hall–Kier alpha value is -0.260. The summed E-state index contributed by atoms with van der Waals surface area (Å²) in [6, 6.07) is 0. The Labute approximate surface area is 89.7 Å². The predicted octanol–water partition coefficient (Wildman–Crippen LogP) is 0.231. The van der Waals surface area contributed by atoms with Crippen molar-refractivity contribution in [2.24, 2.45) is 4.99 Å². The van der Waals surface area contributed by atoms with Gasteiger partial charge in [-0.15, -0.1) is 0 Å². The summed E-state index contributed by atoms with van der Waals surface area (Å²) in [5.74, 6) is 1.21. The third-order valence-electron chi connectivity index (χ3n) is 2.55. The van der Waals surface area contributed by atoms with Gasteiger partial charge in [0.25, 0.3) is 0 Å². The number of likely N-dealkylation sites (N-methyl/N-ethyl adjacent to an activating group) is 1. The van der Waals surface area contributed by atoms with E-state index < -0.39 is 0 Å². The van der Waals surface area contributed by atoms with Gasteiger partial charge in [0.1, 0.15) is 0 Å². The molecule has 14 heavy (non-hydrogen) atoms. The SMILES string of the molecule is CN1CCN(NC2=NCCCS2)CC1. The molecule has 0 spiro atoms. The van der Waals surface area contributed by atoms with Crippen LogP contribution >= 0.6 is 11.8 Å². The van der Waals surface area contributed by atoms with Crippen molar-refractivity contribution < 1.29 is 0 Å². The van der Waals surface area contributed by atoms with Gasteiger partial charge in [0.2, 0.25) is 0 Å². The highest BCUT2D eigenvalue weighted by molar-refractivity contribution is 8.13. The minimum Gasteiger partial charge on any atom is -0.304 e. The first-order valence-electron chi connectivity index (χ1n) is 5.22. The molecule has 2 rings (SSSR count). The Morgan fingerprint density at radius 2 is 2.07 bits per heavy atom. The van der Waals surface area contributed by atoms with Gasteiger partial charge in [-0.2, -0.15) is 0 Å². The Morgan fingerprint density at radius 1 is 1.29 bits per heavy atom. The zero-order valence-electron chi connectivity index (χ0n) is 8.70. The second kappa shape index (κ2) is 5.00. The van der Waals surface area contributed by atoms with Crippen LogP contribution in [0.15, 0.2) is 4.99 Å². The zero-order chi connectivity index (χ0) is 9.80. The Balaban J connectivity index is 1.77. The first-order chi connectivity index (χ1) is 6.84. The minimum atomic E-state index is 0.989. The molecule has 0 aliphatic carbocycles. The molecule has 0 bridgehead atoms. The second-order valence-electron chi connectivity index (χ2n) is 3.79. The van der Waals surface area contributed by atoms with Crippen LogP contribution in [0.5, 0.6) is 0 Å². The molecule has 2 heterocycles. The highest BCUT2D eigenvalue weighted by Crippen LogP contribution is 2.10. The van der Waals surface area contributed by atoms with Crippen molar-refractivity contribution in [3.8, 4) is 0 Å². The van der Waals surface area contributed by atoms with Gasteiger partial charge >= 0.3 is 0 Å². The summed E-state index contributed by atoms with van der Waals surface area (Å²) in [5.41, 5.74) is 3.40. The molecule has 0 radical (unpaired) electrons. The molecule has 4 nitrogen and oxygen atoms in total. The van der Waals surface area contributed by atoms with Crippen molar-refractivity contribution in [3.63, 3.8) is 0 Å². The molecule has 0 unspecified atom stereocenters. The van der Waals surface area contributed by atoms with Crippen molar-refractivity contribution in [3.05, 3.63) is 0 Å². The number of nitrogens with zero attached hydrogens (tertiary/aromatic N) is 3. The van der Waals surface area contributed by atoms with E-state index in [2.05, 4.69) is 27.4 Å². The van der Waals surface area contributed by atoms with E-state index in [-0.39, 0.29) is 0 Å². The summed E-state index contributed by atoms with van der Waals surface area (Å²) < 4.78 is 0. The molecule has 0 amide bonds. The third kappa shape index (κ3) is 2.87. The van der Waals surface area contributed by atoms with E-state index in [0.717, 1.165) is 37.9 Å². The van der Waals surface area contributed by atoms with Gasteiger partial charge in [0.05, 0.1) is 0 Å². The summed E-state index contributed by atoms with van der Waals surface area (Å²) in [5, 5.41) is 3.39. The number of thioether (sulfide) groups is 1. The Kier molecular flexibility index (Phi) is 3.67. The highest BCUT2D eigenvalue weighted by atomic mass is 32.2. The van der Waals surface area contributed by atoms with Gasteiger partial charge in [-0.05, 0) is 13.5 Å². The van der Waals surface area contributed by atoms with Crippen molar-refractivity contribution in [1.29, 1.82) is 0 Å². The van der Waals surface area contributed by atoms with Gasteiger partial charge < -0.3 is 4.90 Å². The molecule has 1 fully saturated rings. The van der Waals surface area contributed by atoms with Crippen LogP contribution < -0.4 is 5.43 Å². The summed E-state index contributed by atoms with van der Waals surface area (Å²) in [6.45, 7) is 5.46. The van der Waals surface area contributed by atoms with Gasteiger partial charge in [-0.3, -0.25) is 10.4 Å². The number of nitrogens with one attached hydrogen (secondary N) is 1. The van der Waals surface area contributed by atoms with E-state index in [9.17, 15) is 0 Å². The highest BCUT2D eigenvalue weighted by Gasteiger charge is 2.15. The molecular formula is C9H18N4S. The quantitative estimate of drug-likeness (QED) is 0.677. The van der Waals surface area contributed by atoms with Crippen LogP contribution in [0.2, 0.25) is 0 Å². The first kappa shape index (κ1) is 10.3. The second-order valence-corrected chi connectivity index (χ2v) is 4.87. The van der Waals surface area contributed by atoms with Gasteiger partial charge in [-0.1, -0.05) is 11.8 Å². The maximum Gasteiger partial charge on any atom is 0.171 e. The van der Waals surface area contributed by atoms with Crippen LogP contribution in [0, 0.1) is 0 Å². The summed E-state index contributed by atoms with van der Waals surface area (Å²) >= 11 is 1.84. The maximum atomic E-state index is 4.46. The van der Waals surface area contributed by atoms with E-state index in [4.69, 9.17) is 0 Å². The van der Waals surface area contributed by atoms with E-state index in [1.54, 1.807) is 0 Å². The first-order valence-corrected chi connectivity index (χ1v) is 6.20.